The zero-order chi connectivity index (χ0) is 14.7. The van der Waals surface area contributed by atoms with E-state index in [1.165, 1.54) is 0 Å². The van der Waals surface area contributed by atoms with Crippen molar-refractivity contribution >= 4 is 23.1 Å². The third-order valence-corrected chi connectivity index (χ3v) is 3.87. The number of ether oxygens (including phenoxy) is 2. The first-order valence-corrected chi connectivity index (χ1v) is 7.57. The Morgan fingerprint density at radius 1 is 1.33 bits per heavy atom. The van der Waals surface area contributed by atoms with Gasteiger partial charge in [-0.3, -0.25) is 4.79 Å². The lowest BCUT2D eigenvalue weighted by atomic mass is 10.2. The number of hydrogen-bond donors (Lipinski definition) is 1. The maximum absolute atomic E-state index is 12.2. The Balaban J connectivity index is 1.79. The zero-order valence-electron chi connectivity index (χ0n) is 11.6. The van der Waals surface area contributed by atoms with Crippen molar-refractivity contribution in [3.63, 3.8) is 0 Å². The largest absolute Gasteiger partial charge is 0.490 e. The molecule has 7 heteroatoms. The molecule has 1 aliphatic rings. The molecule has 2 heterocycles. The van der Waals surface area contributed by atoms with Crippen LogP contribution in [0.1, 0.15) is 28.7 Å². The highest BCUT2D eigenvalue weighted by atomic mass is 32.1. The number of aryl methyl sites for hydroxylation is 1. The monoisotopic (exact) mass is 305 g/mol. The van der Waals surface area contributed by atoms with Gasteiger partial charge in [-0.05, 0) is 30.1 Å². The summed E-state index contributed by atoms with van der Waals surface area (Å²) in [6.07, 6.45) is 1.53. The number of carbonyl (C=O) groups is 1. The second kappa shape index (κ2) is 6.09. The number of nitrogens with zero attached hydrogens (tertiary/aromatic N) is 2. The van der Waals surface area contributed by atoms with Crippen LogP contribution in [0.25, 0.3) is 0 Å². The van der Waals surface area contributed by atoms with Gasteiger partial charge in [-0.15, -0.1) is 5.10 Å². The Kier molecular flexibility index (Phi) is 4.01. The molecule has 6 nitrogen and oxygen atoms in total. The molecule has 1 aromatic carbocycles. The first-order valence-electron chi connectivity index (χ1n) is 6.80. The summed E-state index contributed by atoms with van der Waals surface area (Å²) in [6.45, 7) is 3.20. The molecule has 1 aromatic heterocycles. The van der Waals surface area contributed by atoms with Crippen molar-refractivity contribution in [3.05, 3.63) is 28.8 Å². The molecule has 1 N–H and O–H groups in total. The highest BCUT2D eigenvalue weighted by molar-refractivity contribution is 7.08. The normalized spacial score (nSPS) is 13.6. The fourth-order valence-corrected chi connectivity index (χ4v) is 2.69. The average molecular weight is 305 g/mol. The average Bonchev–Trinajstić information content (AvgIpc) is 2.86. The van der Waals surface area contributed by atoms with E-state index < -0.39 is 0 Å². The van der Waals surface area contributed by atoms with Crippen molar-refractivity contribution < 1.29 is 14.3 Å². The van der Waals surface area contributed by atoms with Gasteiger partial charge in [0.2, 0.25) is 0 Å². The molecule has 0 radical (unpaired) electrons. The Hall–Kier alpha value is -2.15. The van der Waals surface area contributed by atoms with Crippen molar-refractivity contribution in [2.75, 3.05) is 18.5 Å². The maximum atomic E-state index is 12.2. The summed E-state index contributed by atoms with van der Waals surface area (Å²) in [5.74, 6) is 1.17. The smallest absolute Gasteiger partial charge is 0.269 e. The first kappa shape index (κ1) is 13.8. The third kappa shape index (κ3) is 2.97. The molecule has 1 aliphatic heterocycles. The summed E-state index contributed by atoms with van der Waals surface area (Å²) in [5.41, 5.74) is 1.38. The van der Waals surface area contributed by atoms with Gasteiger partial charge in [0.25, 0.3) is 5.91 Å². The minimum atomic E-state index is -0.198. The van der Waals surface area contributed by atoms with E-state index in [-0.39, 0.29) is 5.91 Å². The topological polar surface area (TPSA) is 73.3 Å². The van der Waals surface area contributed by atoms with Gasteiger partial charge < -0.3 is 14.8 Å². The van der Waals surface area contributed by atoms with Crippen molar-refractivity contribution in [1.82, 2.24) is 9.59 Å². The van der Waals surface area contributed by atoms with Crippen LogP contribution in [0.4, 0.5) is 5.69 Å². The van der Waals surface area contributed by atoms with Gasteiger partial charge in [0.05, 0.1) is 18.9 Å². The van der Waals surface area contributed by atoms with Crippen LogP contribution in [0.5, 0.6) is 11.5 Å². The Morgan fingerprint density at radius 3 is 2.95 bits per heavy atom. The number of carbonyl (C=O) groups excluding carboxylic acids is 1. The van der Waals surface area contributed by atoms with E-state index in [0.717, 1.165) is 18.0 Å². The number of benzene rings is 1. The first-order chi connectivity index (χ1) is 10.3. The number of amides is 1. The molecule has 0 atom stereocenters. The molecule has 1 amide bonds. The SMILES string of the molecule is CCc1nnsc1C(=O)Nc1ccc2c(c1)OCCCO2. The summed E-state index contributed by atoms with van der Waals surface area (Å²) in [6, 6.07) is 5.38. The number of anilines is 1. The van der Waals surface area contributed by atoms with Crippen LogP contribution < -0.4 is 14.8 Å². The Morgan fingerprint density at radius 2 is 2.14 bits per heavy atom. The quantitative estimate of drug-likeness (QED) is 0.943. The van der Waals surface area contributed by atoms with Gasteiger partial charge >= 0.3 is 0 Å². The molecule has 0 unspecified atom stereocenters. The number of nitrogens with one attached hydrogen (secondary N) is 1. The highest BCUT2D eigenvalue weighted by Crippen LogP contribution is 2.32. The van der Waals surface area contributed by atoms with Gasteiger partial charge in [-0.25, -0.2) is 0 Å². The fraction of sp³-hybridized carbons (Fsp3) is 0.357. The van der Waals surface area contributed by atoms with Crippen molar-refractivity contribution in [3.8, 4) is 11.5 Å². The van der Waals surface area contributed by atoms with Gasteiger partial charge in [-0.2, -0.15) is 0 Å². The fourth-order valence-electron chi connectivity index (χ4n) is 2.04. The highest BCUT2D eigenvalue weighted by Gasteiger charge is 2.16. The number of rotatable bonds is 3. The van der Waals surface area contributed by atoms with Crippen LogP contribution >= 0.6 is 11.5 Å². The summed E-state index contributed by atoms with van der Waals surface area (Å²) in [4.78, 5) is 12.8. The van der Waals surface area contributed by atoms with Crippen LogP contribution in [-0.4, -0.2) is 28.7 Å². The van der Waals surface area contributed by atoms with E-state index >= 15 is 0 Å². The molecular formula is C14H15N3O3S. The molecule has 2 aromatic rings. The molecule has 3 rings (SSSR count). The van der Waals surface area contributed by atoms with Gasteiger partial charge in [0.1, 0.15) is 4.88 Å². The van der Waals surface area contributed by atoms with Crippen molar-refractivity contribution in [1.29, 1.82) is 0 Å². The predicted octanol–water partition coefficient (Wildman–Crippen LogP) is 2.51. The molecule has 0 saturated carbocycles. The second-order valence-electron chi connectivity index (χ2n) is 4.57. The number of aromatic nitrogens is 2. The third-order valence-electron chi connectivity index (χ3n) is 3.10. The number of fused-ring (bicyclic) bond motifs is 1. The van der Waals surface area contributed by atoms with Crippen LogP contribution in [-0.2, 0) is 6.42 Å². The van der Waals surface area contributed by atoms with Crippen LogP contribution in [0.2, 0.25) is 0 Å². The Labute approximate surface area is 126 Å². The lowest BCUT2D eigenvalue weighted by molar-refractivity contribution is 0.102. The van der Waals surface area contributed by atoms with Gasteiger partial charge in [0, 0.05) is 18.2 Å². The molecule has 0 bridgehead atoms. The molecule has 0 fully saturated rings. The van der Waals surface area contributed by atoms with Gasteiger partial charge in [-0.1, -0.05) is 11.4 Å². The molecule has 0 aliphatic carbocycles. The van der Waals surface area contributed by atoms with Crippen molar-refractivity contribution in [2.45, 2.75) is 19.8 Å². The van der Waals surface area contributed by atoms with Crippen LogP contribution in [0.3, 0.4) is 0 Å². The second-order valence-corrected chi connectivity index (χ2v) is 5.32. The number of hydrogen-bond acceptors (Lipinski definition) is 6. The lowest BCUT2D eigenvalue weighted by Gasteiger charge is -2.10. The molecule has 0 spiro atoms. The molecular weight excluding hydrogens is 290 g/mol. The molecule has 0 saturated heterocycles. The van der Waals surface area contributed by atoms with E-state index in [0.29, 0.717) is 47.4 Å². The Bertz CT molecular complexity index is 657. The summed E-state index contributed by atoms with van der Waals surface area (Å²) >= 11 is 1.10. The van der Waals surface area contributed by atoms with Crippen LogP contribution in [0, 0.1) is 0 Å². The minimum Gasteiger partial charge on any atom is -0.490 e. The predicted molar refractivity (Wildman–Crippen MR) is 79.3 cm³/mol. The standard InChI is InChI=1S/C14H15N3O3S/c1-2-10-13(21-17-16-10)14(18)15-9-4-5-11-12(8-9)20-7-3-6-19-11/h4-5,8H,2-3,6-7H2,1H3,(H,15,18). The van der Waals surface area contributed by atoms with E-state index in [2.05, 4.69) is 14.9 Å². The van der Waals surface area contributed by atoms with E-state index in [9.17, 15) is 4.79 Å². The summed E-state index contributed by atoms with van der Waals surface area (Å²) in [7, 11) is 0. The van der Waals surface area contributed by atoms with Crippen LogP contribution in [0.15, 0.2) is 18.2 Å². The van der Waals surface area contributed by atoms with E-state index in [1.807, 2.05) is 13.0 Å². The summed E-state index contributed by atoms with van der Waals surface area (Å²) in [5, 5.41) is 6.79. The molecule has 21 heavy (non-hydrogen) atoms. The zero-order valence-corrected chi connectivity index (χ0v) is 12.4. The van der Waals surface area contributed by atoms with Crippen molar-refractivity contribution in [2.24, 2.45) is 0 Å². The lowest BCUT2D eigenvalue weighted by Crippen LogP contribution is -2.12. The minimum absolute atomic E-state index is 0.198. The maximum Gasteiger partial charge on any atom is 0.269 e. The summed E-state index contributed by atoms with van der Waals surface area (Å²) < 4.78 is 15.0. The van der Waals surface area contributed by atoms with Gasteiger partial charge in [0.15, 0.2) is 11.5 Å². The molecule has 110 valence electrons. The van der Waals surface area contributed by atoms with E-state index in [4.69, 9.17) is 9.47 Å². The van der Waals surface area contributed by atoms with E-state index in [1.54, 1.807) is 12.1 Å².